The highest BCUT2D eigenvalue weighted by Gasteiger charge is 2.31. The van der Waals surface area contributed by atoms with Crippen LogP contribution >= 0.6 is 0 Å². The van der Waals surface area contributed by atoms with Crippen molar-refractivity contribution < 1.29 is 18.3 Å². The highest BCUT2D eigenvalue weighted by atomic mass is 19.4. The van der Waals surface area contributed by atoms with Gasteiger partial charge in [0, 0.05) is 24.7 Å². The number of aryl methyl sites for hydroxylation is 1. The Labute approximate surface area is 149 Å². The Balaban J connectivity index is 1.87. The van der Waals surface area contributed by atoms with Gasteiger partial charge in [-0.15, -0.1) is 10.2 Å². The van der Waals surface area contributed by atoms with Crippen molar-refractivity contribution in [3.05, 3.63) is 29.5 Å². The highest BCUT2D eigenvalue weighted by Crippen LogP contribution is 2.36. The number of alkyl halides is 3. The molecule has 1 fully saturated rings. The smallest absolute Gasteiger partial charge is 0.416 e. The van der Waals surface area contributed by atoms with Crippen LogP contribution in [0.1, 0.15) is 17.7 Å². The van der Waals surface area contributed by atoms with Gasteiger partial charge in [-0.25, -0.2) is 4.98 Å². The summed E-state index contributed by atoms with van der Waals surface area (Å²) in [5.41, 5.74) is 0.0251. The van der Waals surface area contributed by atoms with E-state index in [0.29, 0.717) is 23.8 Å². The van der Waals surface area contributed by atoms with E-state index >= 15 is 0 Å². The summed E-state index contributed by atoms with van der Waals surface area (Å²) in [6.07, 6.45) is -3.52. The van der Waals surface area contributed by atoms with E-state index in [1.54, 1.807) is 6.92 Å². The van der Waals surface area contributed by atoms with Crippen LogP contribution in [-0.2, 0) is 6.18 Å². The Hall–Kier alpha value is -2.42. The SMILES string of the molecule is Cc1nc(N2CC[C@H](N(C)C)C2)nnc1-c1ccc(C(F)(F)F)cc1O. The summed E-state index contributed by atoms with van der Waals surface area (Å²) in [4.78, 5) is 8.61. The molecule has 6 nitrogen and oxygen atoms in total. The van der Waals surface area contributed by atoms with Crippen molar-refractivity contribution in [3.63, 3.8) is 0 Å². The zero-order chi connectivity index (χ0) is 19.1. The normalized spacial score (nSPS) is 18.0. The van der Waals surface area contributed by atoms with E-state index in [-0.39, 0.29) is 11.3 Å². The average molecular weight is 367 g/mol. The molecule has 0 radical (unpaired) electrons. The molecule has 1 aliphatic rings. The molecule has 0 bridgehead atoms. The van der Waals surface area contributed by atoms with Gasteiger partial charge in [-0.05, 0) is 45.6 Å². The second kappa shape index (κ2) is 6.71. The number of hydrogen-bond donors (Lipinski definition) is 1. The Morgan fingerprint density at radius 3 is 2.50 bits per heavy atom. The lowest BCUT2D eigenvalue weighted by Crippen LogP contribution is -2.32. The molecule has 2 heterocycles. The van der Waals surface area contributed by atoms with E-state index in [4.69, 9.17) is 0 Å². The molecule has 0 saturated carbocycles. The molecule has 1 aromatic carbocycles. The van der Waals surface area contributed by atoms with E-state index in [0.717, 1.165) is 25.6 Å². The Morgan fingerprint density at radius 1 is 1.23 bits per heavy atom. The predicted molar refractivity (Wildman–Crippen MR) is 91.0 cm³/mol. The molecular formula is C17H20F3N5O. The van der Waals surface area contributed by atoms with E-state index in [2.05, 4.69) is 20.1 Å². The molecule has 1 saturated heterocycles. The molecule has 0 aliphatic carbocycles. The Bertz CT molecular complexity index is 809. The van der Waals surface area contributed by atoms with Crippen LogP contribution < -0.4 is 4.90 Å². The van der Waals surface area contributed by atoms with E-state index < -0.39 is 17.5 Å². The summed E-state index contributed by atoms with van der Waals surface area (Å²) in [7, 11) is 4.05. The fraction of sp³-hybridized carbons (Fsp3) is 0.471. The molecule has 9 heteroatoms. The molecular weight excluding hydrogens is 347 g/mol. The number of phenols is 1. The first-order chi connectivity index (χ1) is 12.2. The molecule has 0 unspecified atom stereocenters. The van der Waals surface area contributed by atoms with Gasteiger partial charge in [0.2, 0.25) is 5.95 Å². The predicted octanol–water partition coefficient (Wildman–Crippen LogP) is 2.71. The summed E-state index contributed by atoms with van der Waals surface area (Å²) in [6, 6.07) is 3.20. The summed E-state index contributed by atoms with van der Waals surface area (Å²) in [6.45, 7) is 3.30. The minimum atomic E-state index is -4.52. The summed E-state index contributed by atoms with van der Waals surface area (Å²) in [5, 5.41) is 18.2. The Morgan fingerprint density at radius 2 is 1.96 bits per heavy atom. The first kappa shape index (κ1) is 18.4. The van der Waals surface area contributed by atoms with Gasteiger partial charge in [-0.3, -0.25) is 0 Å². The van der Waals surface area contributed by atoms with Gasteiger partial charge in [-0.2, -0.15) is 13.2 Å². The number of phenolic OH excluding ortho intramolecular Hbond substituents is 1. The maximum atomic E-state index is 12.7. The summed E-state index contributed by atoms with van der Waals surface area (Å²) >= 11 is 0. The molecule has 26 heavy (non-hydrogen) atoms. The fourth-order valence-electron chi connectivity index (χ4n) is 3.03. The van der Waals surface area contributed by atoms with Crippen LogP contribution in [-0.4, -0.2) is 58.4 Å². The van der Waals surface area contributed by atoms with Crippen LogP contribution in [0.5, 0.6) is 5.75 Å². The average Bonchev–Trinajstić information content (AvgIpc) is 3.04. The number of hydrogen-bond acceptors (Lipinski definition) is 6. The van der Waals surface area contributed by atoms with Crippen molar-refractivity contribution in [2.24, 2.45) is 0 Å². The monoisotopic (exact) mass is 367 g/mol. The van der Waals surface area contributed by atoms with Crippen LogP contribution in [0.25, 0.3) is 11.3 Å². The zero-order valence-corrected chi connectivity index (χ0v) is 14.7. The molecule has 1 N–H and O–H groups in total. The summed E-state index contributed by atoms with van der Waals surface area (Å²) < 4.78 is 38.2. The van der Waals surface area contributed by atoms with E-state index in [1.807, 2.05) is 19.0 Å². The molecule has 0 amide bonds. The van der Waals surface area contributed by atoms with Crippen molar-refractivity contribution in [2.45, 2.75) is 25.6 Å². The number of nitrogens with zero attached hydrogens (tertiary/aromatic N) is 5. The van der Waals surface area contributed by atoms with Gasteiger partial charge < -0.3 is 14.9 Å². The van der Waals surface area contributed by atoms with E-state index in [1.165, 1.54) is 6.07 Å². The second-order valence-electron chi connectivity index (χ2n) is 6.63. The quantitative estimate of drug-likeness (QED) is 0.900. The zero-order valence-electron chi connectivity index (χ0n) is 14.7. The Kier molecular flexibility index (Phi) is 4.74. The molecule has 3 rings (SSSR count). The van der Waals surface area contributed by atoms with Crippen LogP contribution in [0, 0.1) is 6.92 Å². The fourth-order valence-corrected chi connectivity index (χ4v) is 3.03. The number of benzene rings is 1. The minimum Gasteiger partial charge on any atom is -0.507 e. The molecule has 2 aromatic rings. The third kappa shape index (κ3) is 3.57. The number of halogens is 3. The number of anilines is 1. The minimum absolute atomic E-state index is 0.176. The standard InChI is InChI=1S/C17H20F3N5O/c1-10-15(13-5-4-11(8-14(13)26)17(18,19)20)22-23-16(21-10)25-7-6-12(9-25)24(2)3/h4-5,8,12,26H,6-7,9H2,1-3H3/t12-/m0/s1. The van der Waals surface area contributed by atoms with Crippen molar-refractivity contribution in [2.75, 3.05) is 32.1 Å². The molecule has 1 aromatic heterocycles. The van der Waals surface area contributed by atoms with Gasteiger partial charge in [0.05, 0.1) is 11.3 Å². The summed E-state index contributed by atoms with van der Waals surface area (Å²) in [5.74, 6) is -0.0115. The van der Waals surface area contributed by atoms with Gasteiger partial charge in [0.25, 0.3) is 0 Å². The molecule has 140 valence electrons. The number of likely N-dealkylation sites (N-methyl/N-ethyl adjacent to an activating group) is 1. The second-order valence-corrected chi connectivity index (χ2v) is 6.63. The number of rotatable bonds is 3. The lowest BCUT2D eigenvalue weighted by Gasteiger charge is -2.20. The molecule has 1 atom stereocenters. The first-order valence-electron chi connectivity index (χ1n) is 8.20. The highest BCUT2D eigenvalue weighted by molar-refractivity contribution is 5.69. The molecule has 0 spiro atoms. The van der Waals surface area contributed by atoms with Crippen LogP contribution in [0.15, 0.2) is 18.2 Å². The van der Waals surface area contributed by atoms with Crippen molar-refractivity contribution in [1.82, 2.24) is 20.1 Å². The van der Waals surface area contributed by atoms with Crippen LogP contribution in [0.3, 0.4) is 0 Å². The van der Waals surface area contributed by atoms with Gasteiger partial charge in [0.1, 0.15) is 11.4 Å². The lowest BCUT2D eigenvalue weighted by molar-refractivity contribution is -0.137. The third-order valence-electron chi connectivity index (χ3n) is 4.61. The molecule has 1 aliphatic heterocycles. The van der Waals surface area contributed by atoms with E-state index in [9.17, 15) is 18.3 Å². The van der Waals surface area contributed by atoms with Crippen molar-refractivity contribution >= 4 is 5.95 Å². The van der Waals surface area contributed by atoms with Gasteiger partial charge >= 0.3 is 6.18 Å². The van der Waals surface area contributed by atoms with Crippen LogP contribution in [0.2, 0.25) is 0 Å². The van der Waals surface area contributed by atoms with Crippen molar-refractivity contribution in [3.8, 4) is 17.0 Å². The first-order valence-corrected chi connectivity index (χ1v) is 8.20. The number of aromatic nitrogens is 3. The maximum absolute atomic E-state index is 12.7. The van der Waals surface area contributed by atoms with Crippen LogP contribution in [0.4, 0.5) is 19.1 Å². The van der Waals surface area contributed by atoms with Gasteiger partial charge in [-0.1, -0.05) is 0 Å². The topological polar surface area (TPSA) is 65.4 Å². The maximum Gasteiger partial charge on any atom is 0.416 e. The third-order valence-corrected chi connectivity index (χ3v) is 4.61. The van der Waals surface area contributed by atoms with Gasteiger partial charge in [0.15, 0.2) is 0 Å². The lowest BCUT2D eigenvalue weighted by atomic mass is 10.1. The largest absolute Gasteiger partial charge is 0.507 e. The number of aromatic hydroxyl groups is 1. The van der Waals surface area contributed by atoms with Crippen molar-refractivity contribution in [1.29, 1.82) is 0 Å².